The van der Waals surface area contributed by atoms with E-state index in [0.29, 0.717) is 0 Å². The van der Waals surface area contributed by atoms with Crippen LogP contribution in [0.1, 0.15) is 26.2 Å². The van der Waals surface area contributed by atoms with Crippen LogP contribution < -0.4 is 0 Å². The Hall–Kier alpha value is -0.920. The Balaban J connectivity index is 3.50. The molecule has 162 valence electrons. The Labute approximate surface area is 144 Å². The van der Waals surface area contributed by atoms with Gasteiger partial charge in [0.2, 0.25) is 0 Å². The van der Waals surface area contributed by atoms with Crippen LogP contribution >= 0.6 is 0 Å². The Morgan fingerprint density at radius 1 is 0.593 bits per heavy atom. The zero-order valence-electron chi connectivity index (χ0n) is 13.3. The summed E-state index contributed by atoms with van der Waals surface area (Å²) in [5, 5.41) is 18.7. The van der Waals surface area contributed by atoms with Crippen molar-refractivity contribution in [1.29, 1.82) is 0 Å². The second-order valence-corrected chi connectivity index (χ2v) is 6.62. The number of rotatable bonds is 2. The molecule has 0 aromatic carbocycles. The van der Waals surface area contributed by atoms with Crippen molar-refractivity contribution in [2.75, 3.05) is 0 Å². The number of alkyl halides is 12. The van der Waals surface area contributed by atoms with Gasteiger partial charge in [-0.3, -0.25) is 0 Å². The highest BCUT2D eigenvalue weighted by Crippen LogP contribution is 2.58. The summed E-state index contributed by atoms with van der Waals surface area (Å²) in [5.74, 6) is -7.86. The van der Waals surface area contributed by atoms with Gasteiger partial charge in [-0.2, -0.15) is 52.7 Å². The summed E-state index contributed by atoms with van der Waals surface area (Å²) in [7, 11) is 0. The van der Waals surface area contributed by atoms with E-state index in [2.05, 4.69) is 0 Å². The van der Waals surface area contributed by atoms with Gasteiger partial charge in [-0.05, 0) is 25.2 Å². The molecule has 1 rings (SSSR count). The Morgan fingerprint density at radius 2 is 0.926 bits per heavy atom. The van der Waals surface area contributed by atoms with Crippen LogP contribution in [-0.2, 0) is 0 Å². The van der Waals surface area contributed by atoms with Crippen LogP contribution in [0.2, 0.25) is 0 Å². The molecule has 2 nitrogen and oxygen atoms in total. The molecule has 14 heteroatoms. The van der Waals surface area contributed by atoms with Gasteiger partial charge in [0.25, 0.3) is 11.2 Å². The average molecular weight is 430 g/mol. The van der Waals surface area contributed by atoms with Gasteiger partial charge in [-0.1, -0.05) is 6.92 Å². The van der Waals surface area contributed by atoms with Gasteiger partial charge < -0.3 is 10.2 Å². The fraction of sp³-hybridized carbons (Fsp3) is 1.00. The minimum Gasteiger partial charge on any atom is -0.373 e. The van der Waals surface area contributed by atoms with Crippen molar-refractivity contribution in [3.05, 3.63) is 0 Å². The summed E-state index contributed by atoms with van der Waals surface area (Å²) in [6, 6.07) is 0. The molecule has 3 unspecified atom stereocenters. The molecule has 0 saturated heterocycles. The summed E-state index contributed by atoms with van der Waals surface area (Å²) in [6.07, 6.45) is -29.7. The number of hydrogen-bond donors (Lipinski definition) is 2. The van der Waals surface area contributed by atoms with Gasteiger partial charge >= 0.3 is 24.7 Å². The summed E-state index contributed by atoms with van der Waals surface area (Å²) in [5.41, 5.74) is -11.0. The van der Waals surface area contributed by atoms with Crippen LogP contribution in [0.3, 0.4) is 0 Å². The van der Waals surface area contributed by atoms with E-state index in [0.717, 1.165) is 6.92 Å². The van der Waals surface area contributed by atoms with Crippen molar-refractivity contribution in [2.45, 2.75) is 62.1 Å². The zero-order valence-corrected chi connectivity index (χ0v) is 13.3. The first-order chi connectivity index (χ1) is 11.6. The molecule has 0 aliphatic heterocycles. The molecule has 0 aromatic heterocycles. The fourth-order valence-electron chi connectivity index (χ4n) is 3.49. The maximum atomic E-state index is 13.0. The summed E-state index contributed by atoms with van der Waals surface area (Å²) >= 11 is 0. The zero-order chi connectivity index (χ0) is 21.9. The standard InChI is InChI=1S/C13H14F12O2/c1-5-2-3-6(8(26,10(14,15)16)11(17,18)19)4-7(5)9(27,12(20,21)22)13(23,24)25/h5-7,26-27H,2-4H2,1H3. The van der Waals surface area contributed by atoms with Crippen molar-refractivity contribution < 1.29 is 62.9 Å². The van der Waals surface area contributed by atoms with E-state index in [-0.39, 0.29) is 0 Å². The van der Waals surface area contributed by atoms with Gasteiger partial charge in [0.05, 0.1) is 0 Å². The average Bonchev–Trinajstić information content (AvgIpc) is 2.41. The maximum Gasteiger partial charge on any atom is 0.426 e. The molecule has 0 bridgehead atoms. The quantitative estimate of drug-likeness (QED) is 0.621. The third kappa shape index (κ3) is 3.70. The third-order valence-electron chi connectivity index (χ3n) is 5.05. The molecule has 0 radical (unpaired) electrons. The minimum absolute atomic E-state index is 0.740. The lowest BCUT2D eigenvalue weighted by molar-refractivity contribution is -0.406. The second-order valence-electron chi connectivity index (χ2n) is 6.62. The fourth-order valence-corrected chi connectivity index (χ4v) is 3.49. The van der Waals surface area contributed by atoms with Crippen molar-refractivity contribution in [3.63, 3.8) is 0 Å². The molecule has 0 spiro atoms. The summed E-state index contributed by atoms with van der Waals surface area (Å²) in [4.78, 5) is 0. The second kappa shape index (κ2) is 6.56. The lowest BCUT2D eigenvalue weighted by Gasteiger charge is -2.49. The molecular weight excluding hydrogens is 416 g/mol. The van der Waals surface area contributed by atoms with Crippen LogP contribution in [0, 0.1) is 17.8 Å². The van der Waals surface area contributed by atoms with Crippen molar-refractivity contribution in [3.8, 4) is 0 Å². The molecule has 27 heavy (non-hydrogen) atoms. The first kappa shape index (κ1) is 24.1. The molecule has 1 saturated carbocycles. The van der Waals surface area contributed by atoms with Gasteiger partial charge in [-0.15, -0.1) is 0 Å². The van der Waals surface area contributed by atoms with E-state index in [1.54, 1.807) is 0 Å². The van der Waals surface area contributed by atoms with Crippen LogP contribution in [0.5, 0.6) is 0 Å². The minimum atomic E-state index is -6.42. The topological polar surface area (TPSA) is 40.5 Å². The SMILES string of the molecule is CC1CCC(C(O)(C(F)(F)F)C(F)(F)F)CC1C(O)(C(F)(F)F)C(F)(F)F. The summed E-state index contributed by atoms with van der Waals surface area (Å²) < 4.78 is 155. The van der Waals surface area contributed by atoms with E-state index >= 15 is 0 Å². The predicted molar refractivity (Wildman–Crippen MR) is 64.1 cm³/mol. The van der Waals surface area contributed by atoms with E-state index < -0.39 is 72.9 Å². The Morgan fingerprint density at radius 3 is 1.22 bits per heavy atom. The van der Waals surface area contributed by atoms with Gasteiger partial charge in [0, 0.05) is 11.8 Å². The van der Waals surface area contributed by atoms with Crippen molar-refractivity contribution in [2.24, 2.45) is 17.8 Å². The first-order valence-electron chi connectivity index (χ1n) is 7.34. The van der Waals surface area contributed by atoms with E-state index in [1.807, 2.05) is 0 Å². The molecule has 0 amide bonds. The highest BCUT2D eigenvalue weighted by molar-refractivity contribution is 5.07. The molecular formula is C13H14F12O2. The highest BCUT2D eigenvalue weighted by atomic mass is 19.4. The molecule has 0 aromatic rings. The van der Waals surface area contributed by atoms with Crippen LogP contribution in [0.25, 0.3) is 0 Å². The molecule has 0 heterocycles. The maximum absolute atomic E-state index is 13.0. The molecule has 1 fully saturated rings. The van der Waals surface area contributed by atoms with Crippen molar-refractivity contribution in [1.82, 2.24) is 0 Å². The normalized spacial score (nSPS) is 27.0. The smallest absolute Gasteiger partial charge is 0.373 e. The number of aliphatic hydroxyl groups is 2. The molecule has 1 aliphatic carbocycles. The molecule has 1 aliphatic rings. The third-order valence-corrected chi connectivity index (χ3v) is 5.05. The van der Waals surface area contributed by atoms with E-state index in [9.17, 15) is 62.9 Å². The van der Waals surface area contributed by atoms with Gasteiger partial charge in [0.15, 0.2) is 0 Å². The number of halogens is 12. The number of hydrogen-bond acceptors (Lipinski definition) is 2. The van der Waals surface area contributed by atoms with Crippen molar-refractivity contribution >= 4 is 0 Å². The van der Waals surface area contributed by atoms with Crippen LogP contribution in [0.4, 0.5) is 52.7 Å². The predicted octanol–water partition coefficient (Wildman–Crippen LogP) is 4.75. The van der Waals surface area contributed by atoms with E-state index in [4.69, 9.17) is 0 Å². The Kier molecular flexibility index (Phi) is 5.86. The van der Waals surface area contributed by atoms with Gasteiger partial charge in [-0.25, -0.2) is 0 Å². The molecule has 2 N–H and O–H groups in total. The molecule has 3 atom stereocenters. The van der Waals surface area contributed by atoms with E-state index in [1.165, 1.54) is 0 Å². The lowest BCUT2D eigenvalue weighted by Crippen LogP contribution is -2.67. The van der Waals surface area contributed by atoms with Gasteiger partial charge in [0.1, 0.15) is 0 Å². The Bertz CT molecular complexity index is 501. The summed E-state index contributed by atoms with van der Waals surface area (Å²) in [6.45, 7) is 0.740. The monoisotopic (exact) mass is 430 g/mol. The van der Waals surface area contributed by atoms with Crippen LogP contribution in [-0.4, -0.2) is 46.1 Å². The highest BCUT2D eigenvalue weighted by Gasteiger charge is 2.78. The first-order valence-corrected chi connectivity index (χ1v) is 7.34. The largest absolute Gasteiger partial charge is 0.426 e. The lowest BCUT2D eigenvalue weighted by atomic mass is 9.62. The van der Waals surface area contributed by atoms with Crippen LogP contribution in [0.15, 0.2) is 0 Å².